The SMILES string of the molecule is CC(=O)/C=C/c1cccnn1. The van der Waals surface area contributed by atoms with E-state index in [0.717, 1.165) is 0 Å². The van der Waals surface area contributed by atoms with Gasteiger partial charge in [0.05, 0.1) is 5.69 Å². The first kappa shape index (κ1) is 7.60. The van der Waals surface area contributed by atoms with Gasteiger partial charge in [0.1, 0.15) is 0 Å². The molecule has 0 fully saturated rings. The number of hydrogen-bond donors (Lipinski definition) is 0. The van der Waals surface area contributed by atoms with Crippen LogP contribution in [0.5, 0.6) is 0 Å². The highest BCUT2D eigenvalue weighted by Gasteiger charge is 1.86. The molecule has 0 spiro atoms. The van der Waals surface area contributed by atoms with Crippen molar-refractivity contribution < 1.29 is 4.79 Å². The summed E-state index contributed by atoms with van der Waals surface area (Å²) in [6, 6.07) is 3.55. The molecule has 11 heavy (non-hydrogen) atoms. The van der Waals surface area contributed by atoms with Crippen molar-refractivity contribution in [2.24, 2.45) is 0 Å². The van der Waals surface area contributed by atoms with E-state index in [4.69, 9.17) is 0 Å². The fourth-order valence-electron chi connectivity index (χ4n) is 0.605. The van der Waals surface area contributed by atoms with Crippen molar-refractivity contribution in [3.63, 3.8) is 0 Å². The van der Waals surface area contributed by atoms with Crippen LogP contribution in [0.1, 0.15) is 12.6 Å². The van der Waals surface area contributed by atoms with Gasteiger partial charge in [-0.25, -0.2) is 0 Å². The van der Waals surface area contributed by atoms with Gasteiger partial charge in [-0.2, -0.15) is 10.2 Å². The van der Waals surface area contributed by atoms with E-state index in [9.17, 15) is 4.79 Å². The molecule has 0 unspecified atom stereocenters. The van der Waals surface area contributed by atoms with Gasteiger partial charge in [-0.3, -0.25) is 4.79 Å². The zero-order valence-electron chi connectivity index (χ0n) is 6.19. The van der Waals surface area contributed by atoms with Crippen molar-refractivity contribution >= 4 is 11.9 Å². The molecule has 0 aromatic carbocycles. The number of carbonyl (C=O) groups is 1. The lowest BCUT2D eigenvalue weighted by atomic mass is 10.3. The number of allylic oxidation sites excluding steroid dienone is 1. The molecule has 0 aliphatic heterocycles. The molecule has 0 amide bonds. The van der Waals surface area contributed by atoms with Crippen LogP contribution >= 0.6 is 0 Å². The Morgan fingerprint density at radius 2 is 2.45 bits per heavy atom. The lowest BCUT2D eigenvalue weighted by molar-refractivity contribution is -0.112. The molecule has 0 aliphatic carbocycles. The average Bonchev–Trinajstić information content (AvgIpc) is 2.03. The molecule has 1 aromatic heterocycles. The van der Waals surface area contributed by atoms with Gasteiger partial charge in [0, 0.05) is 6.20 Å². The van der Waals surface area contributed by atoms with E-state index in [1.165, 1.54) is 13.0 Å². The monoisotopic (exact) mass is 148 g/mol. The molecule has 0 aliphatic rings. The molecule has 3 nitrogen and oxygen atoms in total. The lowest BCUT2D eigenvalue weighted by Gasteiger charge is -1.86. The highest BCUT2D eigenvalue weighted by Crippen LogP contribution is 1.93. The zero-order chi connectivity index (χ0) is 8.10. The minimum absolute atomic E-state index is 0.00986. The maximum absolute atomic E-state index is 10.5. The molecule has 0 N–H and O–H groups in total. The highest BCUT2D eigenvalue weighted by atomic mass is 16.1. The summed E-state index contributed by atoms with van der Waals surface area (Å²) in [7, 11) is 0. The van der Waals surface area contributed by atoms with Crippen LogP contribution < -0.4 is 0 Å². The first-order chi connectivity index (χ1) is 5.29. The standard InChI is InChI=1S/C8H8N2O/c1-7(11)4-5-8-3-2-6-9-10-8/h2-6H,1H3/b5-4+. The fourth-order valence-corrected chi connectivity index (χ4v) is 0.605. The van der Waals surface area contributed by atoms with Gasteiger partial charge in [-0.15, -0.1) is 0 Å². The number of rotatable bonds is 2. The van der Waals surface area contributed by atoms with Crippen LogP contribution in [0.15, 0.2) is 24.4 Å². The normalized spacial score (nSPS) is 10.3. The Labute approximate surface area is 64.8 Å². The van der Waals surface area contributed by atoms with Crippen molar-refractivity contribution in [1.82, 2.24) is 10.2 Å². The van der Waals surface area contributed by atoms with Gasteiger partial charge in [-0.1, -0.05) is 0 Å². The van der Waals surface area contributed by atoms with Gasteiger partial charge in [0.25, 0.3) is 0 Å². The lowest BCUT2D eigenvalue weighted by Crippen LogP contribution is -1.84. The van der Waals surface area contributed by atoms with Crippen LogP contribution in [-0.2, 0) is 4.79 Å². The van der Waals surface area contributed by atoms with Crippen molar-refractivity contribution in [1.29, 1.82) is 0 Å². The van der Waals surface area contributed by atoms with E-state index in [1.54, 1.807) is 24.4 Å². The van der Waals surface area contributed by atoms with E-state index in [-0.39, 0.29) is 5.78 Å². The van der Waals surface area contributed by atoms with Crippen LogP contribution in [0, 0.1) is 0 Å². The fraction of sp³-hybridized carbons (Fsp3) is 0.125. The molecule has 0 bridgehead atoms. The van der Waals surface area contributed by atoms with E-state index in [2.05, 4.69) is 10.2 Å². The predicted octanol–water partition coefficient (Wildman–Crippen LogP) is 1.08. The van der Waals surface area contributed by atoms with Gasteiger partial charge < -0.3 is 0 Å². The molecule has 3 heteroatoms. The maximum Gasteiger partial charge on any atom is 0.152 e. The summed E-state index contributed by atoms with van der Waals surface area (Å²) in [6.07, 6.45) is 4.68. The molecular formula is C8H8N2O. The number of hydrogen-bond acceptors (Lipinski definition) is 3. The molecule has 0 radical (unpaired) electrons. The first-order valence-electron chi connectivity index (χ1n) is 3.25. The third-order valence-corrected chi connectivity index (χ3v) is 1.08. The number of ketones is 1. The van der Waals surface area contributed by atoms with E-state index < -0.39 is 0 Å². The molecule has 56 valence electrons. The quantitative estimate of drug-likeness (QED) is 0.589. The van der Waals surface area contributed by atoms with Gasteiger partial charge >= 0.3 is 0 Å². The van der Waals surface area contributed by atoms with Gasteiger partial charge in [0.15, 0.2) is 5.78 Å². The van der Waals surface area contributed by atoms with Crippen LogP contribution in [-0.4, -0.2) is 16.0 Å². The first-order valence-corrected chi connectivity index (χ1v) is 3.25. The van der Waals surface area contributed by atoms with Crippen LogP contribution in [0.3, 0.4) is 0 Å². The summed E-state index contributed by atoms with van der Waals surface area (Å²) in [4.78, 5) is 10.5. The number of nitrogens with zero attached hydrogens (tertiary/aromatic N) is 2. The molecule has 0 atom stereocenters. The molecule has 1 heterocycles. The van der Waals surface area contributed by atoms with Crippen LogP contribution in [0.2, 0.25) is 0 Å². The minimum atomic E-state index is 0.00986. The van der Waals surface area contributed by atoms with Crippen molar-refractivity contribution in [2.45, 2.75) is 6.92 Å². The number of aromatic nitrogens is 2. The Morgan fingerprint density at radius 3 is 3.00 bits per heavy atom. The molecule has 0 saturated heterocycles. The van der Waals surface area contributed by atoms with Crippen molar-refractivity contribution in [2.75, 3.05) is 0 Å². The summed E-state index contributed by atoms with van der Waals surface area (Å²) in [5, 5.41) is 7.41. The predicted molar refractivity (Wildman–Crippen MR) is 41.7 cm³/mol. The zero-order valence-corrected chi connectivity index (χ0v) is 6.19. The van der Waals surface area contributed by atoms with Gasteiger partial charge in [-0.05, 0) is 31.2 Å². The molecule has 1 rings (SSSR count). The Kier molecular flexibility index (Phi) is 2.49. The summed E-state index contributed by atoms with van der Waals surface area (Å²) >= 11 is 0. The third kappa shape index (κ3) is 2.71. The molecule has 0 saturated carbocycles. The average molecular weight is 148 g/mol. The summed E-state index contributed by atoms with van der Waals surface area (Å²) in [6.45, 7) is 1.49. The second kappa shape index (κ2) is 3.61. The van der Waals surface area contributed by atoms with Crippen molar-refractivity contribution in [3.8, 4) is 0 Å². The Balaban J connectivity index is 2.72. The molecular weight excluding hydrogens is 140 g/mol. The maximum atomic E-state index is 10.5. The summed E-state index contributed by atoms with van der Waals surface area (Å²) < 4.78 is 0. The summed E-state index contributed by atoms with van der Waals surface area (Å²) in [5.74, 6) is 0.00986. The smallest absolute Gasteiger partial charge is 0.152 e. The van der Waals surface area contributed by atoms with Crippen LogP contribution in [0.25, 0.3) is 6.08 Å². The Hall–Kier alpha value is -1.51. The number of carbonyl (C=O) groups excluding carboxylic acids is 1. The highest BCUT2D eigenvalue weighted by molar-refractivity contribution is 5.91. The second-order valence-corrected chi connectivity index (χ2v) is 2.09. The van der Waals surface area contributed by atoms with Crippen LogP contribution in [0.4, 0.5) is 0 Å². The minimum Gasteiger partial charge on any atom is -0.295 e. The van der Waals surface area contributed by atoms with Gasteiger partial charge in [0.2, 0.25) is 0 Å². The topological polar surface area (TPSA) is 42.9 Å². The van der Waals surface area contributed by atoms with E-state index in [0.29, 0.717) is 5.69 Å². The Morgan fingerprint density at radius 1 is 1.64 bits per heavy atom. The van der Waals surface area contributed by atoms with E-state index >= 15 is 0 Å². The van der Waals surface area contributed by atoms with E-state index in [1.807, 2.05) is 0 Å². The Bertz CT molecular complexity index is 267. The second-order valence-electron chi connectivity index (χ2n) is 2.09. The summed E-state index contributed by atoms with van der Waals surface area (Å²) in [5.41, 5.74) is 0.697. The third-order valence-electron chi connectivity index (χ3n) is 1.08. The van der Waals surface area contributed by atoms with Crippen molar-refractivity contribution in [3.05, 3.63) is 30.1 Å². The molecule has 1 aromatic rings. The largest absolute Gasteiger partial charge is 0.295 e.